The molecule has 0 radical (unpaired) electrons. The number of hydrogen-bond acceptors (Lipinski definition) is 4. The van der Waals surface area contributed by atoms with Gasteiger partial charge in [0.15, 0.2) is 0 Å². The minimum Gasteiger partial charge on any atom is -0.394 e. The molecule has 0 spiro atoms. The molecule has 2 unspecified atom stereocenters. The summed E-state index contributed by atoms with van der Waals surface area (Å²) in [6.45, 7) is 14.0. The molecule has 1 aliphatic rings. The standard InChI is InChI=1S/C14H30N2O2/c1-5-6-15-10-14(3,4)11-16-7-12(2)18-13(8-16)9-17/h12-13,15,17H,5-11H2,1-4H3. The van der Waals surface area contributed by atoms with Crippen LogP contribution in [0.3, 0.4) is 0 Å². The number of nitrogens with one attached hydrogen (secondary N) is 1. The molecule has 0 aliphatic carbocycles. The van der Waals surface area contributed by atoms with Crippen LogP contribution in [0.15, 0.2) is 0 Å². The van der Waals surface area contributed by atoms with Crippen molar-refractivity contribution in [2.24, 2.45) is 5.41 Å². The van der Waals surface area contributed by atoms with Crippen LogP contribution in [-0.2, 0) is 4.74 Å². The molecule has 2 N–H and O–H groups in total. The Bertz CT molecular complexity index is 234. The molecule has 0 aromatic carbocycles. The summed E-state index contributed by atoms with van der Waals surface area (Å²) < 4.78 is 5.67. The average molecular weight is 258 g/mol. The first-order valence-electron chi connectivity index (χ1n) is 7.16. The zero-order valence-corrected chi connectivity index (χ0v) is 12.4. The molecule has 0 amide bonds. The van der Waals surface area contributed by atoms with E-state index in [0.717, 1.165) is 32.7 Å². The molecule has 0 bridgehead atoms. The molecule has 0 aromatic rings. The maximum atomic E-state index is 9.23. The Morgan fingerprint density at radius 3 is 2.72 bits per heavy atom. The fraction of sp³-hybridized carbons (Fsp3) is 1.00. The van der Waals surface area contributed by atoms with Gasteiger partial charge in [0.05, 0.1) is 18.8 Å². The zero-order chi connectivity index (χ0) is 13.6. The molecular formula is C14H30N2O2. The molecule has 0 saturated carbocycles. The smallest absolute Gasteiger partial charge is 0.0936 e. The lowest BCUT2D eigenvalue weighted by atomic mass is 9.92. The maximum absolute atomic E-state index is 9.23. The summed E-state index contributed by atoms with van der Waals surface area (Å²) in [6.07, 6.45) is 1.38. The SMILES string of the molecule is CCCNCC(C)(C)CN1CC(C)OC(CO)C1. The maximum Gasteiger partial charge on any atom is 0.0936 e. The molecule has 4 nitrogen and oxygen atoms in total. The summed E-state index contributed by atoms with van der Waals surface area (Å²) in [7, 11) is 0. The van der Waals surface area contributed by atoms with Crippen LogP contribution in [0.5, 0.6) is 0 Å². The van der Waals surface area contributed by atoms with Gasteiger partial charge in [-0.05, 0) is 25.3 Å². The molecule has 1 saturated heterocycles. The molecule has 18 heavy (non-hydrogen) atoms. The zero-order valence-electron chi connectivity index (χ0n) is 12.4. The number of aliphatic hydroxyl groups is 1. The lowest BCUT2D eigenvalue weighted by Crippen LogP contribution is -2.51. The van der Waals surface area contributed by atoms with E-state index in [-0.39, 0.29) is 24.2 Å². The van der Waals surface area contributed by atoms with Crippen molar-refractivity contribution >= 4 is 0 Å². The number of aliphatic hydroxyl groups excluding tert-OH is 1. The lowest BCUT2D eigenvalue weighted by Gasteiger charge is -2.40. The number of nitrogens with zero attached hydrogens (tertiary/aromatic N) is 1. The predicted molar refractivity (Wildman–Crippen MR) is 74.8 cm³/mol. The number of morpholine rings is 1. The molecule has 108 valence electrons. The molecule has 0 aromatic heterocycles. The molecule has 2 atom stereocenters. The second kappa shape index (κ2) is 7.43. The second-order valence-corrected chi connectivity index (χ2v) is 6.29. The van der Waals surface area contributed by atoms with E-state index >= 15 is 0 Å². The quantitative estimate of drug-likeness (QED) is 0.671. The van der Waals surface area contributed by atoms with Crippen LogP contribution in [-0.4, -0.2) is 61.5 Å². The lowest BCUT2D eigenvalue weighted by molar-refractivity contribution is -0.101. The minimum atomic E-state index is -0.0202. The van der Waals surface area contributed by atoms with Crippen LogP contribution >= 0.6 is 0 Å². The minimum absolute atomic E-state index is 0.0202. The van der Waals surface area contributed by atoms with Crippen LogP contribution in [0, 0.1) is 5.41 Å². The van der Waals surface area contributed by atoms with Crippen LogP contribution in [0.25, 0.3) is 0 Å². The number of hydrogen-bond donors (Lipinski definition) is 2. The van der Waals surface area contributed by atoms with Gasteiger partial charge in [-0.2, -0.15) is 0 Å². The van der Waals surface area contributed by atoms with E-state index in [1.54, 1.807) is 0 Å². The Labute approximate surface area is 112 Å². The van der Waals surface area contributed by atoms with E-state index in [4.69, 9.17) is 4.74 Å². The molecule has 1 heterocycles. The highest BCUT2D eigenvalue weighted by Gasteiger charge is 2.29. The topological polar surface area (TPSA) is 44.7 Å². The Hall–Kier alpha value is -0.160. The molecule has 1 aliphatic heterocycles. The fourth-order valence-corrected chi connectivity index (χ4v) is 2.64. The van der Waals surface area contributed by atoms with Crippen molar-refractivity contribution in [2.75, 3.05) is 39.3 Å². The van der Waals surface area contributed by atoms with E-state index in [0.29, 0.717) is 0 Å². The summed E-state index contributed by atoms with van der Waals surface area (Å²) in [5.74, 6) is 0. The Morgan fingerprint density at radius 1 is 1.39 bits per heavy atom. The third-order valence-corrected chi connectivity index (χ3v) is 3.29. The summed E-state index contributed by atoms with van der Waals surface area (Å²) in [5, 5.41) is 12.7. The van der Waals surface area contributed by atoms with Gasteiger partial charge in [0.1, 0.15) is 0 Å². The van der Waals surface area contributed by atoms with Gasteiger partial charge in [-0.1, -0.05) is 20.8 Å². The van der Waals surface area contributed by atoms with E-state index < -0.39 is 0 Å². The summed E-state index contributed by atoms with van der Waals surface area (Å²) >= 11 is 0. The largest absolute Gasteiger partial charge is 0.394 e. The van der Waals surface area contributed by atoms with E-state index in [2.05, 4.69) is 37.9 Å². The first-order chi connectivity index (χ1) is 8.46. The summed E-state index contributed by atoms with van der Waals surface area (Å²) in [5.41, 5.74) is 0.256. The molecule has 1 fully saturated rings. The van der Waals surface area contributed by atoms with Crippen molar-refractivity contribution in [2.45, 2.75) is 46.3 Å². The highest BCUT2D eigenvalue weighted by molar-refractivity contribution is 4.82. The van der Waals surface area contributed by atoms with Crippen LogP contribution in [0.2, 0.25) is 0 Å². The second-order valence-electron chi connectivity index (χ2n) is 6.29. The van der Waals surface area contributed by atoms with Crippen LogP contribution in [0.4, 0.5) is 0 Å². The Kier molecular flexibility index (Phi) is 6.57. The third-order valence-electron chi connectivity index (χ3n) is 3.29. The van der Waals surface area contributed by atoms with Crippen molar-refractivity contribution in [3.63, 3.8) is 0 Å². The summed E-state index contributed by atoms with van der Waals surface area (Å²) in [4.78, 5) is 2.42. The van der Waals surface area contributed by atoms with Crippen LogP contribution in [0.1, 0.15) is 34.1 Å². The van der Waals surface area contributed by atoms with Crippen molar-refractivity contribution in [1.29, 1.82) is 0 Å². The molecular weight excluding hydrogens is 228 g/mol. The van der Waals surface area contributed by atoms with Gasteiger partial charge in [-0.15, -0.1) is 0 Å². The number of ether oxygens (including phenoxy) is 1. The first kappa shape index (κ1) is 15.9. The van der Waals surface area contributed by atoms with E-state index in [1.807, 2.05) is 0 Å². The van der Waals surface area contributed by atoms with Gasteiger partial charge >= 0.3 is 0 Å². The third kappa shape index (κ3) is 5.65. The van der Waals surface area contributed by atoms with Gasteiger partial charge < -0.3 is 15.2 Å². The monoisotopic (exact) mass is 258 g/mol. The van der Waals surface area contributed by atoms with Gasteiger partial charge in [-0.25, -0.2) is 0 Å². The molecule has 1 rings (SSSR count). The van der Waals surface area contributed by atoms with E-state index in [9.17, 15) is 5.11 Å². The summed E-state index contributed by atoms with van der Waals surface area (Å²) in [6, 6.07) is 0. The molecule has 4 heteroatoms. The van der Waals surface area contributed by atoms with E-state index in [1.165, 1.54) is 6.42 Å². The highest BCUT2D eigenvalue weighted by Crippen LogP contribution is 2.19. The van der Waals surface area contributed by atoms with Crippen molar-refractivity contribution < 1.29 is 9.84 Å². The average Bonchev–Trinajstić information content (AvgIpc) is 2.27. The van der Waals surface area contributed by atoms with Crippen LogP contribution < -0.4 is 5.32 Å². The van der Waals surface area contributed by atoms with Crippen molar-refractivity contribution in [3.05, 3.63) is 0 Å². The number of rotatable bonds is 7. The first-order valence-corrected chi connectivity index (χ1v) is 7.16. The normalized spacial score (nSPS) is 26.5. The van der Waals surface area contributed by atoms with Gasteiger partial charge in [0, 0.05) is 26.2 Å². The van der Waals surface area contributed by atoms with Gasteiger partial charge in [-0.3, -0.25) is 4.90 Å². The highest BCUT2D eigenvalue weighted by atomic mass is 16.5. The van der Waals surface area contributed by atoms with Crippen molar-refractivity contribution in [1.82, 2.24) is 10.2 Å². The van der Waals surface area contributed by atoms with Gasteiger partial charge in [0.2, 0.25) is 0 Å². The Balaban J connectivity index is 2.39. The Morgan fingerprint density at radius 2 is 2.11 bits per heavy atom. The predicted octanol–water partition coefficient (Wildman–Crippen LogP) is 1.09. The van der Waals surface area contributed by atoms with Crippen molar-refractivity contribution in [3.8, 4) is 0 Å². The fourth-order valence-electron chi connectivity index (χ4n) is 2.64. The van der Waals surface area contributed by atoms with Gasteiger partial charge in [0.25, 0.3) is 0 Å².